The number of pyridine rings is 1. The van der Waals surface area contributed by atoms with Gasteiger partial charge in [-0.2, -0.15) is 4.31 Å². The summed E-state index contributed by atoms with van der Waals surface area (Å²) < 4.78 is 33.7. The van der Waals surface area contributed by atoms with E-state index in [1.165, 1.54) is 10.4 Å². The minimum absolute atomic E-state index is 0.212. The van der Waals surface area contributed by atoms with E-state index in [0.717, 1.165) is 15.8 Å². The zero-order chi connectivity index (χ0) is 15.7. The fourth-order valence-electron chi connectivity index (χ4n) is 2.19. The molecule has 1 fully saturated rings. The second-order valence-electron chi connectivity index (χ2n) is 4.74. The highest BCUT2D eigenvalue weighted by Crippen LogP contribution is 2.31. The highest BCUT2D eigenvalue weighted by atomic mass is 79.9. The number of sulfonamides is 1. The molecule has 0 aromatic carbocycles. The van der Waals surface area contributed by atoms with Gasteiger partial charge in [-0.3, -0.25) is 0 Å². The molecule has 3 heterocycles. The first kappa shape index (κ1) is 16.2. The minimum atomic E-state index is -3.50. The topological polar surface area (TPSA) is 59.5 Å². The van der Waals surface area contributed by atoms with E-state index in [1.807, 2.05) is 6.07 Å². The van der Waals surface area contributed by atoms with Crippen molar-refractivity contribution < 1.29 is 13.2 Å². The highest BCUT2D eigenvalue weighted by molar-refractivity contribution is 9.10. The van der Waals surface area contributed by atoms with Crippen LogP contribution in [0.3, 0.4) is 0 Å². The largest absolute Gasteiger partial charge is 0.472 e. The van der Waals surface area contributed by atoms with Gasteiger partial charge < -0.3 is 4.74 Å². The number of thiophene rings is 1. The summed E-state index contributed by atoms with van der Waals surface area (Å²) in [6.07, 6.45) is 2.05. The van der Waals surface area contributed by atoms with Crippen molar-refractivity contribution in [3.05, 3.63) is 39.3 Å². The molecule has 1 aliphatic heterocycles. The van der Waals surface area contributed by atoms with E-state index in [9.17, 15) is 8.42 Å². The molecule has 118 valence electrons. The Labute approximate surface area is 146 Å². The molecule has 0 spiro atoms. The molecule has 22 heavy (non-hydrogen) atoms. The molecular weight excluding hydrogens is 412 g/mol. The molecule has 0 saturated carbocycles. The third-order valence-electron chi connectivity index (χ3n) is 3.25. The number of ether oxygens (including phenoxy) is 1. The summed E-state index contributed by atoms with van der Waals surface area (Å²) in [7, 11) is -3.50. The maximum absolute atomic E-state index is 12.5. The van der Waals surface area contributed by atoms with Gasteiger partial charge in [-0.15, -0.1) is 11.3 Å². The van der Waals surface area contributed by atoms with Gasteiger partial charge in [0.05, 0.1) is 15.4 Å². The number of nitrogens with zero attached hydrogens (tertiary/aromatic N) is 2. The standard InChI is InChI=1S/C13H12BrClN2O3S2/c14-10-2-1-6-16-13(10)20-9-5-7-17(8-9)22(18,19)12-4-3-11(15)21-12/h1-4,6,9H,5,7-8H2. The van der Waals surface area contributed by atoms with Crippen LogP contribution in [0.4, 0.5) is 0 Å². The molecule has 1 atom stereocenters. The SMILES string of the molecule is O=S(=O)(c1ccc(Cl)s1)N1CCC(Oc2ncccc2Br)C1. The molecule has 2 aromatic rings. The van der Waals surface area contributed by atoms with E-state index in [1.54, 1.807) is 18.3 Å². The van der Waals surface area contributed by atoms with Gasteiger partial charge in [-0.05, 0) is 46.6 Å². The normalized spacial score (nSPS) is 19.5. The zero-order valence-corrected chi connectivity index (χ0v) is 15.3. The molecule has 2 aromatic heterocycles. The van der Waals surface area contributed by atoms with Gasteiger partial charge in [-0.25, -0.2) is 13.4 Å². The second-order valence-corrected chi connectivity index (χ2v) is 9.47. The molecular formula is C13H12BrClN2O3S2. The lowest BCUT2D eigenvalue weighted by molar-refractivity contribution is 0.205. The first-order valence-electron chi connectivity index (χ1n) is 6.49. The summed E-state index contributed by atoms with van der Waals surface area (Å²) in [6, 6.07) is 6.75. The molecule has 0 amide bonds. The van der Waals surface area contributed by atoms with Crippen molar-refractivity contribution >= 4 is 48.9 Å². The van der Waals surface area contributed by atoms with E-state index >= 15 is 0 Å². The maximum Gasteiger partial charge on any atom is 0.252 e. The van der Waals surface area contributed by atoms with Crippen LogP contribution in [-0.2, 0) is 10.0 Å². The smallest absolute Gasteiger partial charge is 0.252 e. The molecule has 1 saturated heterocycles. The number of aromatic nitrogens is 1. The Morgan fingerprint density at radius 2 is 2.23 bits per heavy atom. The molecule has 9 heteroatoms. The molecule has 1 unspecified atom stereocenters. The second kappa shape index (κ2) is 6.45. The van der Waals surface area contributed by atoms with Crippen molar-refractivity contribution in [1.29, 1.82) is 0 Å². The number of hydrogen-bond donors (Lipinski definition) is 0. The summed E-state index contributed by atoms with van der Waals surface area (Å²) in [5.41, 5.74) is 0. The fourth-order valence-corrected chi connectivity index (χ4v) is 5.66. The van der Waals surface area contributed by atoms with Crippen LogP contribution in [0.2, 0.25) is 4.34 Å². The van der Waals surface area contributed by atoms with Gasteiger partial charge in [0.2, 0.25) is 5.88 Å². The molecule has 0 N–H and O–H groups in total. The Kier molecular flexibility index (Phi) is 4.75. The van der Waals surface area contributed by atoms with E-state index in [2.05, 4.69) is 20.9 Å². The molecule has 0 bridgehead atoms. The van der Waals surface area contributed by atoms with E-state index in [-0.39, 0.29) is 10.3 Å². The summed E-state index contributed by atoms with van der Waals surface area (Å²) in [5, 5.41) is 0. The predicted molar refractivity (Wildman–Crippen MR) is 89.1 cm³/mol. The van der Waals surface area contributed by atoms with Crippen molar-refractivity contribution in [2.45, 2.75) is 16.7 Å². The van der Waals surface area contributed by atoms with Gasteiger partial charge in [-0.1, -0.05) is 11.6 Å². The number of hydrogen-bond acceptors (Lipinski definition) is 5. The zero-order valence-electron chi connectivity index (χ0n) is 11.3. The Hall–Kier alpha value is -0.670. The van der Waals surface area contributed by atoms with Crippen LogP contribution in [0.25, 0.3) is 0 Å². The summed E-state index contributed by atoms with van der Waals surface area (Å²) in [4.78, 5) is 4.14. The Bertz CT molecular complexity index is 781. The molecule has 0 aliphatic carbocycles. The summed E-state index contributed by atoms with van der Waals surface area (Å²) in [6.45, 7) is 0.730. The lowest BCUT2D eigenvalue weighted by Crippen LogP contribution is -2.30. The van der Waals surface area contributed by atoms with Crippen LogP contribution in [0.5, 0.6) is 5.88 Å². The van der Waals surface area contributed by atoms with Gasteiger partial charge >= 0.3 is 0 Å². The van der Waals surface area contributed by atoms with Crippen LogP contribution in [0.1, 0.15) is 6.42 Å². The molecule has 0 radical (unpaired) electrons. The average Bonchev–Trinajstić information content (AvgIpc) is 3.11. The Balaban J connectivity index is 1.71. The third kappa shape index (κ3) is 3.30. The average molecular weight is 424 g/mol. The lowest BCUT2D eigenvalue weighted by Gasteiger charge is -2.16. The van der Waals surface area contributed by atoms with Gasteiger partial charge in [0.25, 0.3) is 10.0 Å². The quantitative estimate of drug-likeness (QED) is 0.756. The van der Waals surface area contributed by atoms with Crippen LogP contribution in [-0.4, -0.2) is 36.9 Å². The van der Waals surface area contributed by atoms with Crippen molar-refractivity contribution in [2.75, 3.05) is 13.1 Å². The number of halogens is 2. The van der Waals surface area contributed by atoms with Crippen LogP contribution in [0.15, 0.2) is 39.1 Å². The molecule has 1 aliphatic rings. The third-order valence-corrected chi connectivity index (χ3v) is 7.42. The van der Waals surface area contributed by atoms with Crippen LogP contribution in [0, 0.1) is 0 Å². The monoisotopic (exact) mass is 422 g/mol. The fraction of sp³-hybridized carbons (Fsp3) is 0.308. The summed E-state index contributed by atoms with van der Waals surface area (Å²) >= 11 is 10.3. The predicted octanol–water partition coefficient (Wildman–Crippen LogP) is 3.40. The van der Waals surface area contributed by atoms with Gasteiger partial charge in [0, 0.05) is 12.7 Å². The molecule has 3 rings (SSSR count). The first-order chi connectivity index (χ1) is 10.5. The van der Waals surface area contributed by atoms with Crippen LogP contribution < -0.4 is 4.74 Å². The van der Waals surface area contributed by atoms with Gasteiger partial charge in [0.1, 0.15) is 10.3 Å². The number of rotatable bonds is 4. The Morgan fingerprint density at radius 3 is 2.91 bits per heavy atom. The Morgan fingerprint density at radius 1 is 1.41 bits per heavy atom. The van der Waals surface area contributed by atoms with Crippen molar-refractivity contribution in [1.82, 2.24) is 9.29 Å². The van der Waals surface area contributed by atoms with Crippen molar-refractivity contribution in [2.24, 2.45) is 0 Å². The van der Waals surface area contributed by atoms with E-state index in [4.69, 9.17) is 16.3 Å². The molecule has 5 nitrogen and oxygen atoms in total. The van der Waals surface area contributed by atoms with Crippen LogP contribution >= 0.6 is 38.9 Å². The van der Waals surface area contributed by atoms with Gasteiger partial charge in [0.15, 0.2) is 0 Å². The first-order valence-corrected chi connectivity index (χ1v) is 9.92. The minimum Gasteiger partial charge on any atom is -0.472 e. The van der Waals surface area contributed by atoms with Crippen molar-refractivity contribution in [3.63, 3.8) is 0 Å². The highest BCUT2D eigenvalue weighted by Gasteiger charge is 2.34. The van der Waals surface area contributed by atoms with E-state index in [0.29, 0.717) is 29.7 Å². The summed E-state index contributed by atoms with van der Waals surface area (Å²) in [5.74, 6) is 0.478. The van der Waals surface area contributed by atoms with Crippen molar-refractivity contribution in [3.8, 4) is 5.88 Å². The maximum atomic E-state index is 12.5. The lowest BCUT2D eigenvalue weighted by atomic mass is 10.3. The van der Waals surface area contributed by atoms with E-state index < -0.39 is 10.0 Å².